The molecule has 0 radical (unpaired) electrons. The van der Waals surface area contributed by atoms with E-state index in [9.17, 15) is 4.79 Å². The van der Waals surface area contributed by atoms with E-state index in [1.165, 1.54) is 0 Å². The van der Waals surface area contributed by atoms with Gasteiger partial charge in [0, 0.05) is 6.04 Å². The van der Waals surface area contributed by atoms with Crippen LogP contribution in [0.4, 0.5) is 4.79 Å². The predicted molar refractivity (Wildman–Crippen MR) is 39.3 cm³/mol. The van der Waals surface area contributed by atoms with Crippen molar-refractivity contribution in [3.8, 4) is 0 Å². The summed E-state index contributed by atoms with van der Waals surface area (Å²) in [6.07, 6.45) is 1.99. The number of rotatable bonds is 1. The summed E-state index contributed by atoms with van der Waals surface area (Å²) in [7, 11) is 0. The van der Waals surface area contributed by atoms with Crippen molar-refractivity contribution < 1.29 is 14.6 Å². The van der Waals surface area contributed by atoms with E-state index in [-0.39, 0.29) is 12.1 Å². The van der Waals surface area contributed by atoms with Crippen molar-refractivity contribution in [2.24, 2.45) is 5.73 Å². The molecule has 0 amide bonds. The molecule has 1 aliphatic rings. The van der Waals surface area contributed by atoms with Crippen molar-refractivity contribution in [2.75, 3.05) is 0 Å². The Morgan fingerprint density at radius 1 is 1.36 bits per heavy atom. The highest BCUT2D eigenvalue weighted by Crippen LogP contribution is 2.19. The lowest BCUT2D eigenvalue weighted by Crippen LogP contribution is -2.31. The normalized spacial score (nSPS) is 31.4. The van der Waals surface area contributed by atoms with E-state index < -0.39 is 6.16 Å². The van der Waals surface area contributed by atoms with Gasteiger partial charge in [-0.25, -0.2) is 4.79 Å². The fourth-order valence-electron chi connectivity index (χ4n) is 1.35. The van der Waals surface area contributed by atoms with Crippen molar-refractivity contribution >= 4 is 6.16 Å². The molecule has 0 saturated heterocycles. The van der Waals surface area contributed by atoms with Crippen molar-refractivity contribution in [1.82, 2.24) is 0 Å². The first-order chi connectivity index (χ1) is 5.18. The summed E-state index contributed by atoms with van der Waals surface area (Å²) in [5, 5.41) is 8.28. The second-order valence-corrected chi connectivity index (χ2v) is 2.92. The largest absolute Gasteiger partial charge is 0.506 e. The Kier molecular flexibility index (Phi) is 2.70. The number of hydrogen-bond acceptors (Lipinski definition) is 3. The van der Waals surface area contributed by atoms with Gasteiger partial charge in [0.1, 0.15) is 6.10 Å². The van der Waals surface area contributed by atoms with E-state index in [2.05, 4.69) is 4.74 Å². The zero-order chi connectivity index (χ0) is 8.27. The Labute approximate surface area is 65.3 Å². The van der Waals surface area contributed by atoms with Gasteiger partial charge in [-0.1, -0.05) is 0 Å². The molecule has 4 nitrogen and oxygen atoms in total. The maximum absolute atomic E-state index is 10.1. The van der Waals surface area contributed by atoms with Crippen LogP contribution in [0.5, 0.6) is 0 Å². The van der Waals surface area contributed by atoms with Gasteiger partial charge in [-0.05, 0) is 25.7 Å². The molecule has 0 unspecified atom stereocenters. The lowest BCUT2D eigenvalue weighted by molar-refractivity contribution is 0.0335. The van der Waals surface area contributed by atoms with Crippen LogP contribution < -0.4 is 5.73 Å². The van der Waals surface area contributed by atoms with Crippen molar-refractivity contribution in [3.63, 3.8) is 0 Å². The summed E-state index contributed by atoms with van der Waals surface area (Å²) >= 11 is 0. The van der Waals surface area contributed by atoms with Crippen molar-refractivity contribution in [3.05, 3.63) is 0 Å². The summed E-state index contributed by atoms with van der Waals surface area (Å²) < 4.78 is 4.60. The average molecular weight is 159 g/mol. The maximum atomic E-state index is 10.1. The molecular formula is C7H13NO3. The van der Waals surface area contributed by atoms with Crippen LogP contribution in [-0.2, 0) is 4.74 Å². The molecule has 1 aliphatic carbocycles. The number of carboxylic acid groups (broad SMARTS) is 1. The molecule has 0 aromatic rings. The lowest BCUT2D eigenvalue weighted by Gasteiger charge is -2.24. The van der Waals surface area contributed by atoms with Crippen LogP contribution in [0.1, 0.15) is 25.7 Å². The first-order valence-corrected chi connectivity index (χ1v) is 3.83. The van der Waals surface area contributed by atoms with Crippen molar-refractivity contribution in [1.29, 1.82) is 0 Å². The topological polar surface area (TPSA) is 72.5 Å². The van der Waals surface area contributed by atoms with Gasteiger partial charge in [0.15, 0.2) is 0 Å². The van der Waals surface area contributed by atoms with E-state index in [0.717, 1.165) is 25.7 Å². The van der Waals surface area contributed by atoms with Gasteiger partial charge in [-0.15, -0.1) is 0 Å². The minimum atomic E-state index is -1.18. The molecule has 0 bridgehead atoms. The summed E-state index contributed by atoms with van der Waals surface area (Å²) in [4.78, 5) is 10.1. The maximum Gasteiger partial charge on any atom is 0.506 e. The summed E-state index contributed by atoms with van der Waals surface area (Å²) in [6, 6.07) is 0.239. The highest BCUT2D eigenvalue weighted by molar-refractivity contribution is 5.57. The third kappa shape index (κ3) is 2.76. The molecule has 3 N–H and O–H groups in total. The zero-order valence-corrected chi connectivity index (χ0v) is 6.32. The SMILES string of the molecule is N[C@H]1CC[C@@H](OC(=O)O)CC1. The molecule has 1 fully saturated rings. The summed E-state index contributed by atoms with van der Waals surface area (Å²) in [5.41, 5.74) is 5.62. The van der Waals surface area contributed by atoms with Gasteiger partial charge < -0.3 is 15.6 Å². The first kappa shape index (κ1) is 8.33. The number of carbonyl (C=O) groups is 1. The second kappa shape index (κ2) is 3.57. The second-order valence-electron chi connectivity index (χ2n) is 2.92. The lowest BCUT2D eigenvalue weighted by atomic mass is 9.94. The van der Waals surface area contributed by atoms with E-state index >= 15 is 0 Å². The van der Waals surface area contributed by atoms with Crippen LogP contribution in [0.3, 0.4) is 0 Å². The molecule has 0 aliphatic heterocycles. The van der Waals surface area contributed by atoms with Crippen LogP contribution in [0, 0.1) is 0 Å². The zero-order valence-electron chi connectivity index (χ0n) is 6.32. The number of ether oxygens (including phenoxy) is 1. The number of nitrogens with two attached hydrogens (primary N) is 1. The molecule has 0 aromatic heterocycles. The van der Waals surface area contributed by atoms with E-state index in [4.69, 9.17) is 10.8 Å². The van der Waals surface area contributed by atoms with Crippen LogP contribution in [0.2, 0.25) is 0 Å². The molecule has 11 heavy (non-hydrogen) atoms. The molecule has 1 rings (SSSR count). The molecular weight excluding hydrogens is 146 g/mol. The van der Waals surface area contributed by atoms with Gasteiger partial charge in [0.05, 0.1) is 0 Å². The Morgan fingerprint density at radius 3 is 2.36 bits per heavy atom. The minimum Gasteiger partial charge on any atom is -0.450 e. The van der Waals surface area contributed by atoms with E-state index in [1.54, 1.807) is 0 Å². The van der Waals surface area contributed by atoms with Crippen molar-refractivity contribution in [2.45, 2.75) is 37.8 Å². The predicted octanol–water partition coefficient (Wildman–Crippen LogP) is 0.951. The smallest absolute Gasteiger partial charge is 0.450 e. The number of hydrogen-bond donors (Lipinski definition) is 2. The Morgan fingerprint density at radius 2 is 1.91 bits per heavy atom. The summed E-state index contributed by atoms with van der Waals surface area (Å²) in [5.74, 6) is 0. The third-order valence-corrected chi connectivity index (χ3v) is 1.99. The molecule has 0 atom stereocenters. The standard InChI is InChI=1S/C7H13NO3/c8-5-1-3-6(4-2-5)11-7(9)10/h5-6H,1-4,8H2,(H,9,10)/t5-,6+. The summed E-state index contributed by atoms with van der Waals surface area (Å²) in [6.45, 7) is 0. The van der Waals surface area contributed by atoms with Crippen LogP contribution in [0.25, 0.3) is 0 Å². The van der Waals surface area contributed by atoms with Gasteiger partial charge in [-0.2, -0.15) is 0 Å². The average Bonchev–Trinajstić information content (AvgIpc) is 1.93. The van der Waals surface area contributed by atoms with Crippen LogP contribution in [0.15, 0.2) is 0 Å². The quantitative estimate of drug-likeness (QED) is 0.559. The molecule has 0 heterocycles. The minimum absolute atomic E-state index is 0.118. The molecule has 0 spiro atoms. The molecule has 64 valence electrons. The van der Waals surface area contributed by atoms with Gasteiger partial charge in [-0.3, -0.25) is 0 Å². The highest BCUT2D eigenvalue weighted by Gasteiger charge is 2.20. The van der Waals surface area contributed by atoms with Crippen LogP contribution >= 0.6 is 0 Å². The van der Waals surface area contributed by atoms with E-state index in [0.29, 0.717) is 0 Å². The monoisotopic (exact) mass is 159 g/mol. The fraction of sp³-hybridized carbons (Fsp3) is 0.857. The van der Waals surface area contributed by atoms with Crippen LogP contribution in [-0.4, -0.2) is 23.4 Å². The fourth-order valence-corrected chi connectivity index (χ4v) is 1.35. The molecule has 1 saturated carbocycles. The Balaban J connectivity index is 2.22. The highest BCUT2D eigenvalue weighted by atomic mass is 16.7. The van der Waals surface area contributed by atoms with Gasteiger partial charge in [0.25, 0.3) is 0 Å². The Hall–Kier alpha value is -0.770. The first-order valence-electron chi connectivity index (χ1n) is 3.83. The molecule has 4 heteroatoms. The van der Waals surface area contributed by atoms with Gasteiger partial charge >= 0.3 is 6.16 Å². The van der Waals surface area contributed by atoms with E-state index in [1.807, 2.05) is 0 Å². The van der Waals surface area contributed by atoms with Gasteiger partial charge in [0.2, 0.25) is 0 Å². The molecule has 0 aromatic carbocycles. The Bertz CT molecular complexity index is 141. The third-order valence-electron chi connectivity index (χ3n) is 1.99.